The largest absolute Gasteiger partial charge is 0.399 e. The van der Waals surface area contributed by atoms with Crippen molar-refractivity contribution in [2.45, 2.75) is 37.5 Å². The van der Waals surface area contributed by atoms with E-state index in [0.717, 1.165) is 31.2 Å². The van der Waals surface area contributed by atoms with Crippen LogP contribution in [0.2, 0.25) is 0 Å². The third-order valence-corrected chi connectivity index (χ3v) is 6.70. The lowest BCUT2D eigenvalue weighted by Gasteiger charge is -2.20. The van der Waals surface area contributed by atoms with E-state index in [9.17, 15) is 13.2 Å². The van der Waals surface area contributed by atoms with Crippen LogP contribution in [-0.4, -0.2) is 31.7 Å². The number of benzene rings is 2. The van der Waals surface area contributed by atoms with Crippen LogP contribution in [0.5, 0.6) is 0 Å². The smallest absolute Gasteiger partial charge is 0.255 e. The molecular weight excluding hydrogens is 362 g/mol. The Kier molecular flexibility index (Phi) is 5.82. The molecule has 3 rings (SSSR count). The van der Waals surface area contributed by atoms with Crippen molar-refractivity contribution in [1.29, 1.82) is 0 Å². The Bertz CT molecular complexity index is 933. The van der Waals surface area contributed by atoms with Crippen LogP contribution in [0.1, 0.15) is 41.6 Å². The van der Waals surface area contributed by atoms with Crippen molar-refractivity contribution < 1.29 is 13.2 Å². The number of sulfonamides is 1. The molecule has 2 aromatic carbocycles. The lowest BCUT2D eigenvalue weighted by atomic mass is 10.1. The molecule has 0 saturated carbocycles. The summed E-state index contributed by atoms with van der Waals surface area (Å²) in [6, 6.07) is 11.5. The minimum atomic E-state index is -3.60. The fourth-order valence-corrected chi connectivity index (χ4v) is 4.76. The number of aryl methyl sites for hydroxylation is 1. The first-order valence-electron chi connectivity index (χ1n) is 9.15. The zero-order valence-electron chi connectivity index (χ0n) is 15.4. The summed E-state index contributed by atoms with van der Waals surface area (Å²) in [6.07, 6.45) is 3.84. The van der Waals surface area contributed by atoms with Crippen LogP contribution in [0.25, 0.3) is 0 Å². The Hall–Kier alpha value is -2.38. The molecule has 1 saturated heterocycles. The SMILES string of the molecule is Cc1ccc(N)cc1NC(=O)c1cccc(S(=O)(=O)N2CCCCCC2)c1. The Morgan fingerprint density at radius 1 is 1.04 bits per heavy atom. The van der Waals surface area contributed by atoms with Crippen LogP contribution in [0.3, 0.4) is 0 Å². The number of anilines is 2. The molecule has 1 aliphatic rings. The topological polar surface area (TPSA) is 92.5 Å². The highest BCUT2D eigenvalue weighted by Crippen LogP contribution is 2.23. The molecule has 0 bridgehead atoms. The Morgan fingerprint density at radius 3 is 2.44 bits per heavy atom. The molecule has 0 spiro atoms. The van der Waals surface area contributed by atoms with Crippen LogP contribution in [0.4, 0.5) is 11.4 Å². The zero-order valence-corrected chi connectivity index (χ0v) is 16.3. The molecule has 0 aliphatic carbocycles. The van der Waals surface area contributed by atoms with Crippen molar-refractivity contribution in [3.63, 3.8) is 0 Å². The molecule has 1 heterocycles. The van der Waals surface area contributed by atoms with E-state index in [0.29, 0.717) is 30.0 Å². The van der Waals surface area contributed by atoms with E-state index in [1.807, 2.05) is 13.0 Å². The third kappa shape index (κ3) is 4.48. The lowest BCUT2D eigenvalue weighted by molar-refractivity contribution is 0.102. The van der Waals surface area contributed by atoms with Crippen molar-refractivity contribution in [2.24, 2.45) is 0 Å². The van der Waals surface area contributed by atoms with Crippen molar-refractivity contribution >= 4 is 27.3 Å². The van der Waals surface area contributed by atoms with Crippen molar-refractivity contribution in [3.05, 3.63) is 53.6 Å². The minimum absolute atomic E-state index is 0.154. The molecule has 3 N–H and O–H groups in total. The lowest BCUT2D eigenvalue weighted by Crippen LogP contribution is -2.32. The summed E-state index contributed by atoms with van der Waals surface area (Å²) in [7, 11) is -3.60. The van der Waals surface area contributed by atoms with Gasteiger partial charge in [0.15, 0.2) is 0 Å². The predicted molar refractivity (Wildman–Crippen MR) is 107 cm³/mol. The number of nitrogens with two attached hydrogens (primary N) is 1. The van der Waals surface area contributed by atoms with E-state index in [1.54, 1.807) is 30.3 Å². The second-order valence-electron chi connectivity index (χ2n) is 6.87. The standard InChI is InChI=1S/C20H25N3O3S/c1-15-9-10-17(21)14-19(15)22-20(24)16-7-6-8-18(13-16)27(25,26)23-11-4-2-3-5-12-23/h6-10,13-14H,2-5,11-12,21H2,1H3,(H,22,24). The Labute approximate surface area is 160 Å². The monoisotopic (exact) mass is 387 g/mol. The highest BCUT2D eigenvalue weighted by molar-refractivity contribution is 7.89. The summed E-state index contributed by atoms with van der Waals surface area (Å²) < 4.78 is 27.4. The van der Waals surface area contributed by atoms with Crippen LogP contribution < -0.4 is 11.1 Å². The van der Waals surface area contributed by atoms with E-state index < -0.39 is 10.0 Å². The van der Waals surface area contributed by atoms with Gasteiger partial charge in [0.2, 0.25) is 10.0 Å². The molecule has 0 radical (unpaired) electrons. The van der Waals surface area contributed by atoms with Gasteiger partial charge in [0.05, 0.1) is 4.90 Å². The predicted octanol–water partition coefficient (Wildman–Crippen LogP) is 3.39. The number of hydrogen-bond acceptors (Lipinski definition) is 4. The molecule has 1 amide bonds. The quantitative estimate of drug-likeness (QED) is 0.787. The summed E-state index contributed by atoms with van der Waals surface area (Å²) in [4.78, 5) is 12.8. The van der Waals surface area contributed by atoms with Gasteiger partial charge in [0.25, 0.3) is 5.91 Å². The first kappa shape index (κ1) is 19.4. The molecule has 6 nitrogen and oxygen atoms in total. The van der Waals surface area contributed by atoms with Crippen LogP contribution >= 0.6 is 0 Å². The number of carbonyl (C=O) groups is 1. The van der Waals surface area contributed by atoms with E-state index in [2.05, 4.69) is 5.32 Å². The summed E-state index contributed by atoms with van der Waals surface area (Å²) >= 11 is 0. The number of carbonyl (C=O) groups excluding carboxylic acids is 1. The maximum absolute atomic E-state index is 12.9. The molecule has 144 valence electrons. The molecule has 0 atom stereocenters. The van der Waals surface area contributed by atoms with Crippen LogP contribution in [-0.2, 0) is 10.0 Å². The number of amides is 1. The number of hydrogen-bond donors (Lipinski definition) is 2. The van der Waals surface area contributed by atoms with Gasteiger partial charge in [-0.25, -0.2) is 8.42 Å². The van der Waals surface area contributed by atoms with Gasteiger partial charge in [-0.05, 0) is 55.7 Å². The highest BCUT2D eigenvalue weighted by atomic mass is 32.2. The first-order chi connectivity index (χ1) is 12.9. The minimum Gasteiger partial charge on any atom is -0.399 e. The van der Waals surface area contributed by atoms with Crippen LogP contribution in [0, 0.1) is 6.92 Å². The van der Waals surface area contributed by atoms with Crippen molar-refractivity contribution in [2.75, 3.05) is 24.1 Å². The Morgan fingerprint density at radius 2 is 1.74 bits per heavy atom. The molecular formula is C20H25N3O3S. The zero-order chi connectivity index (χ0) is 19.4. The van der Waals surface area contributed by atoms with E-state index >= 15 is 0 Å². The summed E-state index contributed by atoms with van der Waals surface area (Å²) in [5.41, 5.74) is 8.12. The number of rotatable bonds is 4. The summed E-state index contributed by atoms with van der Waals surface area (Å²) in [5.74, 6) is -0.364. The second-order valence-corrected chi connectivity index (χ2v) is 8.81. The molecule has 0 unspecified atom stereocenters. The van der Waals surface area contributed by atoms with Gasteiger partial charge in [0, 0.05) is 30.0 Å². The van der Waals surface area contributed by atoms with Crippen LogP contribution in [0.15, 0.2) is 47.4 Å². The van der Waals surface area contributed by atoms with Gasteiger partial charge in [-0.2, -0.15) is 4.31 Å². The normalized spacial score (nSPS) is 15.9. The molecule has 7 heteroatoms. The average Bonchev–Trinajstić information content (AvgIpc) is 2.95. The molecule has 1 aliphatic heterocycles. The molecule has 2 aromatic rings. The van der Waals surface area contributed by atoms with Gasteiger partial charge < -0.3 is 11.1 Å². The van der Waals surface area contributed by atoms with E-state index in [-0.39, 0.29) is 10.8 Å². The summed E-state index contributed by atoms with van der Waals surface area (Å²) in [6.45, 7) is 2.93. The number of nitrogen functional groups attached to an aromatic ring is 1. The van der Waals surface area contributed by atoms with Gasteiger partial charge in [-0.3, -0.25) is 4.79 Å². The van der Waals surface area contributed by atoms with Gasteiger partial charge in [-0.1, -0.05) is 25.0 Å². The Balaban J connectivity index is 1.84. The van der Waals surface area contributed by atoms with Gasteiger partial charge in [-0.15, -0.1) is 0 Å². The highest BCUT2D eigenvalue weighted by Gasteiger charge is 2.25. The maximum Gasteiger partial charge on any atom is 0.255 e. The number of nitrogens with zero attached hydrogens (tertiary/aromatic N) is 1. The van der Waals surface area contributed by atoms with Gasteiger partial charge >= 0.3 is 0 Å². The van der Waals surface area contributed by atoms with Crippen molar-refractivity contribution in [1.82, 2.24) is 4.31 Å². The fraction of sp³-hybridized carbons (Fsp3) is 0.350. The average molecular weight is 388 g/mol. The maximum atomic E-state index is 12.9. The van der Waals surface area contributed by atoms with Crippen molar-refractivity contribution in [3.8, 4) is 0 Å². The number of nitrogens with one attached hydrogen (secondary N) is 1. The third-order valence-electron chi connectivity index (χ3n) is 4.81. The molecule has 1 fully saturated rings. The van der Waals surface area contributed by atoms with E-state index in [4.69, 9.17) is 5.73 Å². The molecule has 0 aromatic heterocycles. The molecule has 27 heavy (non-hydrogen) atoms. The fourth-order valence-electron chi connectivity index (χ4n) is 3.20. The summed E-state index contributed by atoms with van der Waals surface area (Å²) in [5, 5.41) is 2.81. The second kappa shape index (κ2) is 8.10. The van der Waals surface area contributed by atoms with E-state index in [1.165, 1.54) is 10.4 Å². The van der Waals surface area contributed by atoms with Gasteiger partial charge in [0.1, 0.15) is 0 Å². The first-order valence-corrected chi connectivity index (χ1v) is 10.6.